The minimum absolute atomic E-state index is 0.0305. The van der Waals surface area contributed by atoms with Gasteiger partial charge in [-0.1, -0.05) is 0 Å². The Morgan fingerprint density at radius 1 is 1.47 bits per heavy atom. The molecule has 0 atom stereocenters. The van der Waals surface area contributed by atoms with E-state index in [2.05, 4.69) is 0 Å². The maximum atomic E-state index is 11.6. The van der Waals surface area contributed by atoms with Crippen LogP contribution in [0.4, 0.5) is 5.69 Å². The molecular formula is C10H15N3O2. The number of carbonyl (C=O) groups is 1. The van der Waals surface area contributed by atoms with E-state index in [0.29, 0.717) is 0 Å². The van der Waals surface area contributed by atoms with E-state index in [9.17, 15) is 9.59 Å². The maximum Gasteiger partial charge on any atom is 0.274 e. The summed E-state index contributed by atoms with van der Waals surface area (Å²) in [4.78, 5) is 24.5. The lowest BCUT2D eigenvalue weighted by molar-refractivity contribution is -0.129. The highest BCUT2D eigenvalue weighted by Gasteiger charge is 2.09. The predicted octanol–water partition coefficient (Wildman–Crippen LogP) is -0.173. The van der Waals surface area contributed by atoms with Gasteiger partial charge in [0.15, 0.2) is 0 Å². The third-order valence-electron chi connectivity index (χ3n) is 2.21. The molecule has 0 aliphatic rings. The number of anilines is 1. The largest absolute Gasteiger partial charge is 0.394 e. The van der Waals surface area contributed by atoms with Gasteiger partial charge in [0.1, 0.15) is 6.54 Å². The van der Waals surface area contributed by atoms with Crippen molar-refractivity contribution in [2.24, 2.45) is 0 Å². The van der Waals surface area contributed by atoms with E-state index in [0.717, 1.165) is 5.69 Å². The topological polar surface area (TPSA) is 68.3 Å². The number of likely N-dealkylation sites (N-methyl/N-ethyl adjacent to an activating group) is 1. The Labute approximate surface area is 88.1 Å². The van der Waals surface area contributed by atoms with Gasteiger partial charge < -0.3 is 15.2 Å². The first-order valence-corrected chi connectivity index (χ1v) is 4.59. The van der Waals surface area contributed by atoms with E-state index in [4.69, 9.17) is 5.73 Å². The summed E-state index contributed by atoms with van der Waals surface area (Å²) in [5.41, 5.74) is 6.05. The highest BCUT2D eigenvalue weighted by Crippen LogP contribution is 1.99. The number of nitrogens with zero attached hydrogens (tertiary/aromatic N) is 2. The van der Waals surface area contributed by atoms with Crippen LogP contribution in [0, 0.1) is 6.92 Å². The zero-order valence-electron chi connectivity index (χ0n) is 9.15. The summed E-state index contributed by atoms with van der Waals surface area (Å²) in [6.07, 6.45) is 0. The fraction of sp³-hybridized carbons (Fsp3) is 0.400. The normalized spacial score (nSPS) is 10.1. The summed E-state index contributed by atoms with van der Waals surface area (Å²) in [6.45, 7) is 1.80. The van der Waals surface area contributed by atoms with Crippen LogP contribution in [-0.2, 0) is 11.3 Å². The fourth-order valence-corrected chi connectivity index (χ4v) is 1.16. The Bertz CT molecular complexity index is 435. The highest BCUT2D eigenvalue weighted by molar-refractivity contribution is 5.75. The standard InChI is InChI=1S/C10H15N3O2/c1-7-4-5-8(11)10(15)13(7)6-9(14)12(2)3/h4-5H,6,11H2,1-3H3. The number of aromatic nitrogens is 1. The first-order valence-electron chi connectivity index (χ1n) is 4.59. The van der Waals surface area contributed by atoms with Crippen LogP contribution in [0.15, 0.2) is 16.9 Å². The highest BCUT2D eigenvalue weighted by atomic mass is 16.2. The molecule has 0 saturated heterocycles. The summed E-state index contributed by atoms with van der Waals surface area (Å²) >= 11 is 0. The van der Waals surface area contributed by atoms with Crippen molar-refractivity contribution in [3.63, 3.8) is 0 Å². The fourth-order valence-electron chi connectivity index (χ4n) is 1.16. The van der Waals surface area contributed by atoms with Crippen LogP contribution in [0.5, 0.6) is 0 Å². The summed E-state index contributed by atoms with van der Waals surface area (Å²) in [7, 11) is 3.30. The summed E-state index contributed by atoms with van der Waals surface area (Å²) in [5, 5.41) is 0. The van der Waals surface area contributed by atoms with Crippen molar-refractivity contribution in [1.29, 1.82) is 0 Å². The van der Waals surface area contributed by atoms with Crippen molar-refractivity contribution in [1.82, 2.24) is 9.47 Å². The van der Waals surface area contributed by atoms with Crippen LogP contribution in [0.3, 0.4) is 0 Å². The molecule has 0 unspecified atom stereocenters. The van der Waals surface area contributed by atoms with E-state index >= 15 is 0 Å². The zero-order valence-corrected chi connectivity index (χ0v) is 9.15. The molecule has 2 N–H and O–H groups in total. The second kappa shape index (κ2) is 4.16. The molecule has 1 aromatic heterocycles. The number of carbonyl (C=O) groups excluding carboxylic acids is 1. The van der Waals surface area contributed by atoms with Crippen molar-refractivity contribution in [2.45, 2.75) is 13.5 Å². The van der Waals surface area contributed by atoms with Crippen LogP contribution in [0.25, 0.3) is 0 Å². The van der Waals surface area contributed by atoms with Gasteiger partial charge in [0.25, 0.3) is 5.56 Å². The number of hydrogen-bond acceptors (Lipinski definition) is 3. The molecular weight excluding hydrogens is 194 g/mol. The van der Waals surface area contributed by atoms with Crippen LogP contribution in [-0.4, -0.2) is 29.5 Å². The predicted molar refractivity (Wildman–Crippen MR) is 58.5 cm³/mol. The molecule has 0 spiro atoms. The van der Waals surface area contributed by atoms with Crippen LogP contribution in [0.1, 0.15) is 5.69 Å². The van der Waals surface area contributed by atoms with Crippen molar-refractivity contribution in [3.8, 4) is 0 Å². The molecule has 1 rings (SSSR count). The lowest BCUT2D eigenvalue weighted by Crippen LogP contribution is -2.33. The van der Waals surface area contributed by atoms with Gasteiger partial charge in [-0.15, -0.1) is 0 Å². The van der Waals surface area contributed by atoms with Crippen molar-refractivity contribution in [3.05, 3.63) is 28.2 Å². The van der Waals surface area contributed by atoms with E-state index < -0.39 is 0 Å². The Morgan fingerprint density at radius 2 is 2.07 bits per heavy atom. The molecule has 5 heteroatoms. The van der Waals surface area contributed by atoms with Crippen LogP contribution >= 0.6 is 0 Å². The Kier molecular flexibility index (Phi) is 3.14. The SMILES string of the molecule is Cc1ccc(N)c(=O)n1CC(=O)N(C)C. The molecule has 5 nitrogen and oxygen atoms in total. The number of aryl methyl sites for hydroxylation is 1. The molecule has 0 aromatic carbocycles. The molecule has 0 aliphatic heterocycles. The van der Waals surface area contributed by atoms with E-state index in [1.807, 2.05) is 0 Å². The molecule has 15 heavy (non-hydrogen) atoms. The van der Waals surface area contributed by atoms with Gasteiger partial charge in [-0.2, -0.15) is 0 Å². The van der Waals surface area contributed by atoms with Gasteiger partial charge in [0.2, 0.25) is 5.91 Å². The average molecular weight is 209 g/mol. The number of hydrogen-bond donors (Lipinski definition) is 1. The second-order valence-electron chi connectivity index (χ2n) is 3.61. The molecule has 1 heterocycles. The maximum absolute atomic E-state index is 11.6. The molecule has 0 aliphatic carbocycles. The van der Waals surface area contributed by atoms with E-state index in [1.54, 1.807) is 33.2 Å². The van der Waals surface area contributed by atoms with Gasteiger partial charge in [0.05, 0.1) is 5.69 Å². The molecule has 1 aromatic rings. The van der Waals surface area contributed by atoms with E-state index in [1.165, 1.54) is 9.47 Å². The first kappa shape index (κ1) is 11.3. The third kappa shape index (κ3) is 2.37. The summed E-state index contributed by atoms with van der Waals surface area (Å²) in [5.74, 6) is -0.134. The van der Waals surface area contributed by atoms with Gasteiger partial charge in [0, 0.05) is 19.8 Å². The second-order valence-corrected chi connectivity index (χ2v) is 3.61. The van der Waals surface area contributed by atoms with Gasteiger partial charge in [-0.3, -0.25) is 9.59 Å². The Morgan fingerprint density at radius 3 is 2.60 bits per heavy atom. The number of nitrogen functional groups attached to an aromatic ring is 1. The number of rotatable bonds is 2. The summed E-state index contributed by atoms with van der Waals surface area (Å²) in [6, 6.07) is 3.27. The van der Waals surface area contributed by atoms with Gasteiger partial charge >= 0.3 is 0 Å². The Hall–Kier alpha value is -1.78. The average Bonchev–Trinajstić information content (AvgIpc) is 2.18. The monoisotopic (exact) mass is 209 g/mol. The molecule has 0 bridgehead atoms. The Balaban J connectivity index is 3.10. The number of amides is 1. The molecule has 1 amide bonds. The minimum atomic E-state index is -0.315. The smallest absolute Gasteiger partial charge is 0.274 e. The zero-order chi connectivity index (χ0) is 11.6. The van der Waals surface area contributed by atoms with Gasteiger partial charge in [-0.05, 0) is 19.1 Å². The first-order chi connectivity index (χ1) is 6.93. The lowest BCUT2D eigenvalue weighted by atomic mass is 10.3. The van der Waals surface area contributed by atoms with E-state index in [-0.39, 0.29) is 23.7 Å². The molecule has 0 saturated carbocycles. The summed E-state index contributed by atoms with van der Waals surface area (Å²) < 4.78 is 1.37. The third-order valence-corrected chi connectivity index (χ3v) is 2.21. The van der Waals surface area contributed by atoms with Crippen LogP contribution < -0.4 is 11.3 Å². The molecule has 0 radical (unpaired) electrons. The van der Waals surface area contributed by atoms with Gasteiger partial charge in [-0.25, -0.2) is 0 Å². The lowest BCUT2D eigenvalue weighted by Gasteiger charge is -2.14. The molecule has 0 fully saturated rings. The van der Waals surface area contributed by atoms with Crippen molar-refractivity contribution >= 4 is 11.6 Å². The minimum Gasteiger partial charge on any atom is -0.394 e. The van der Waals surface area contributed by atoms with Crippen molar-refractivity contribution in [2.75, 3.05) is 19.8 Å². The molecule has 82 valence electrons. The number of pyridine rings is 1. The van der Waals surface area contributed by atoms with Crippen LogP contribution in [0.2, 0.25) is 0 Å². The quantitative estimate of drug-likeness (QED) is 0.735. The number of nitrogens with two attached hydrogens (primary N) is 1. The van der Waals surface area contributed by atoms with Crippen molar-refractivity contribution < 1.29 is 4.79 Å².